The van der Waals surface area contributed by atoms with Crippen LogP contribution >= 0.6 is 0 Å². The van der Waals surface area contributed by atoms with E-state index in [1.54, 1.807) is 13.8 Å². The van der Waals surface area contributed by atoms with Crippen molar-refractivity contribution in [2.24, 2.45) is 5.73 Å². The molecule has 6 nitrogen and oxygen atoms in total. The highest BCUT2D eigenvalue weighted by Crippen LogP contribution is 2.28. The Hall–Kier alpha value is -2.63. The molecule has 25 heavy (non-hydrogen) atoms. The minimum absolute atomic E-state index is 0.245. The Morgan fingerprint density at radius 3 is 2.56 bits per heavy atom. The molecule has 0 fully saturated rings. The minimum Gasteiger partial charge on any atom is -0.445 e. The van der Waals surface area contributed by atoms with Gasteiger partial charge in [0.05, 0.1) is 0 Å². The monoisotopic (exact) mass is 341 g/mol. The van der Waals surface area contributed by atoms with Crippen LogP contribution in [0.3, 0.4) is 0 Å². The first-order chi connectivity index (χ1) is 11.8. The third-order valence-electron chi connectivity index (χ3n) is 4.86. The molecule has 0 bridgehead atoms. The first-order valence-electron chi connectivity index (χ1n) is 8.47. The molecule has 1 atom stereocenters. The fourth-order valence-electron chi connectivity index (χ4n) is 3.52. The van der Waals surface area contributed by atoms with Gasteiger partial charge >= 0.3 is 0 Å². The van der Waals surface area contributed by atoms with Crippen LogP contribution < -0.4 is 5.73 Å². The summed E-state index contributed by atoms with van der Waals surface area (Å²) in [4.78, 5) is 30.7. The first kappa shape index (κ1) is 17.2. The third kappa shape index (κ3) is 3.04. The second-order valence-corrected chi connectivity index (χ2v) is 6.59. The molecule has 1 aliphatic heterocycles. The van der Waals surface area contributed by atoms with Crippen LogP contribution in [0.4, 0.5) is 0 Å². The van der Waals surface area contributed by atoms with Gasteiger partial charge in [0.25, 0.3) is 5.91 Å². The molecule has 0 aliphatic carbocycles. The number of fused-ring (bicyclic) bond motifs is 1. The number of nitrogens with zero attached hydrogens (tertiary/aromatic N) is 2. The van der Waals surface area contributed by atoms with Gasteiger partial charge in [0.1, 0.15) is 11.8 Å². The number of hydrogen-bond acceptors (Lipinski definition) is 4. The number of oxazole rings is 1. The molecule has 0 radical (unpaired) electrons. The molecule has 1 aromatic carbocycles. The van der Waals surface area contributed by atoms with E-state index in [0.29, 0.717) is 24.6 Å². The summed E-state index contributed by atoms with van der Waals surface area (Å²) < 4.78 is 5.37. The zero-order chi connectivity index (χ0) is 18.3. The molecule has 3 rings (SSSR count). The summed E-state index contributed by atoms with van der Waals surface area (Å²) in [5.74, 6) is 0.0582. The maximum absolute atomic E-state index is 13.0. The zero-order valence-corrected chi connectivity index (χ0v) is 15.0. The van der Waals surface area contributed by atoms with Crippen LogP contribution in [-0.2, 0) is 24.2 Å². The van der Waals surface area contributed by atoms with Crippen LogP contribution in [0.1, 0.15) is 51.3 Å². The lowest BCUT2D eigenvalue weighted by Crippen LogP contribution is -2.51. The van der Waals surface area contributed by atoms with E-state index in [0.717, 1.165) is 17.5 Å². The van der Waals surface area contributed by atoms with Crippen molar-refractivity contribution < 1.29 is 14.0 Å². The summed E-state index contributed by atoms with van der Waals surface area (Å²) in [6.07, 6.45) is 1.36. The highest BCUT2D eigenvalue weighted by atomic mass is 16.4. The van der Waals surface area contributed by atoms with Gasteiger partial charge in [0, 0.05) is 19.9 Å². The average molecular weight is 341 g/mol. The van der Waals surface area contributed by atoms with Crippen molar-refractivity contribution in [3.8, 4) is 0 Å². The summed E-state index contributed by atoms with van der Waals surface area (Å²) >= 11 is 0. The summed E-state index contributed by atoms with van der Waals surface area (Å²) in [7, 11) is 0. The zero-order valence-electron chi connectivity index (χ0n) is 15.0. The maximum Gasteiger partial charge on any atom is 0.277 e. The van der Waals surface area contributed by atoms with Crippen molar-refractivity contribution >= 4 is 11.8 Å². The molecule has 1 aliphatic rings. The number of hydrogen-bond donors (Lipinski definition) is 1. The van der Waals surface area contributed by atoms with Gasteiger partial charge in [-0.15, -0.1) is 0 Å². The van der Waals surface area contributed by atoms with Gasteiger partial charge in [0.2, 0.25) is 5.91 Å². The number of aryl methyl sites for hydroxylation is 4. The van der Waals surface area contributed by atoms with E-state index in [2.05, 4.69) is 31.0 Å². The second kappa shape index (κ2) is 6.35. The molecule has 0 spiro atoms. The predicted octanol–water partition coefficient (Wildman–Crippen LogP) is 2.21. The van der Waals surface area contributed by atoms with Crippen molar-refractivity contribution in [2.45, 2.75) is 53.1 Å². The second-order valence-electron chi connectivity index (χ2n) is 6.59. The highest BCUT2D eigenvalue weighted by Gasteiger charge is 2.36. The van der Waals surface area contributed by atoms with Gasteiger partial charge in [-0.2, -0.15) is 0 Å². The van der Waals surface area contributed by atoms with Crippen molar-refractivity contribution in [3.05, 3.63) is 51.7 Å². The van der Waals surface area contributed by atoms with Crippen molar-refractivity contribution in [3.63, 3.8) is 0 Å². The molecule has 2 N–H and O–H groups in total. The van der Waals surface area contributed by atoms with Gasteiger partial charge in [-0.3, -0.25) is 9.59 Å². The Bertz CT molecular complexity index is 854. The van der Waals surface area contributed by atoms with E-state index in [-0.39, 0.29) is 11.6 Å². The number of carbonyl (C=O) groups is 2. The number of amides is 2. The Morgan fingerprint density at radius 1 is 1.28 bits per heavy atom. The molecular formula is C19H23N3O3. The summed E-state index contributed by atoms with van der Waals surface area (Å²) in [6.45, 7) is 7.90. The topological polar surface area (TPSA) is 89.4 Å². The van der Waals surface area contributed by atoms with Gasteiger partial charge in [-0.1, -0.05) is 19.1 Å². The normalized spacial score (nSPS) is 16.6. The van der Waals surface area contributed by atoms with Crippen LogP contribution in [-0.4, -0.2) is 27.7 Å². The fraction of sp³-hybridized carbons (Fsp3) is 0.421. The lowest BCUT2D eigenvalue weighted by Gasteiger charge is -2.35. The number of carbonyl (C=O) groups excluding carboxylic acids is 2. The SMILES string of the molecule is CCc1cc2c(cc1C)CN(C(=O)c1nc(C)oc1C)C(C(N)=O)C2. The van der Waals surface area contributed by atoms with Crippen LogP contribution in [0.15, 0.2) is 16.5 Å². The van der Waals surface area contributed by atoms with E-state index in [9.17, 15) is 9.59 Å². The van der Waals surface area contributed by atoms with Gasteiger partial charge in [-0.05, 0) is 42.5 Å². The Balaban J connectivity index is 2.01. The molecule has 2 heterocycles. The van der Waals surface area contributed by atoms with E-state index in [4.69, 9.17) is 10.2 Å². The lowest BCUT2D eigenvalue weighted by molar-refractivity contribution is -0.122. The van der Waals surface area contributed by atoms with Gasteiger partial charge in [0.15, 0.2) is 11.6 Å². The summed E-state index contributed by atoms with van der Waals surface area (Å²) in [6, 6.07) is 3.56. The van der Waals surface area contributed by atoms with E-state index in [1.165, 1.54) is 16.0 Å². The van der Waals surface area contributed by atoms with Crippen molar-refractivity contribution in [2.75, 3.05) is 0 Å². The van der Waals surface area contributed by atoms with Crippen LogP contribution in [0, 0.1) is 20.8 Å². The average Bonchev–Trinajstić information content (AvgIpc) is 2.90. The standard InChI is InChI=1S/C19H23N3O3/c1-5-13-7-14-8-16(18(20)23)22(9-15(14)6-10(13)2)19(24)17-11(3)25-12(4)21-17/h6-7,16H,5,8-9H2,1-4H3,(H2,20,23). The summed E-state index contributed by atoms with van der Waals surface area (Å²) in [5.41, 5.74) is 10.4. The summed E-state index contributed by atoms with van der Waals surface area (Å²) in [5, 5.41) is 0. The molecule has 1 aromatic heterocycles. The lowest BCUT2D eigenvalue weighted by atomic mass is 9.89. The Labute approximate surface area is 147 Å². The molecule has 1 unspecified atom stereocenters. The van der Waals surface area contributed by atoms with Crippen LogP contribution in [0.5, 0.6) is 0 Å². The molecule has 2 aromatic rings. The number of aromatic nitrogens is 1. The van der Waals surface area contributed by atoms with Crippen molar-refractivity contribution in [1.29, 1.82) is 0 Å². The number of rotatable bonds is 3. The first-order valence-corrected chi connectivity index (χ1v) is 8.47. The number of primary amides is 1. The minimum atomic E-state index is -0.677. The highest BCUT2D eigenvalue weighted by molar-refractivity contribution is 5.97. The Kier molecular flexibility index (Phi) is 4.37. The van der Waals surface area contributed by atoms with E-state index in [1.807, 2.05) is 0 Å². The number of benzene rings is 1. The smallest absolute Gasteiger partial charge is 0.277 e. The number of nitrogens with two attached hydrogens (primary N) is 1. The van der Waals surface area contributed by atoms with Gasteiger partial charge < -0.3 is 15.1 Å². The molecular weight excluding hydrogens is 318 g/mol. The largest absolute Gasteiger partial charge is 0.445 e. The molecule has 2 amide bonds. The molecule has 6 heteroatoms. The van der Waals surface area contributed by atoms with Gasteiger partial charge in [-0.25, -0.2) is 4.98 Å². The molecule has 0 saturated carbocycles. The molecule has 0 saturated heterocycles. The van der Waals surface area contributed by atoms with Crippen LogP contribution in [0.25, 0.3) is 0 Å². The van der Waals surface area contributed by atoms with E-state index < -0.39 is 11.9 Å². The van der Waals surface area contributed by atoms with Crippen LogP contribution in [0.2, 0.25) is 0 Å². The Morgan fingerprint density at radius 2 is 2.00 bits per heavy atom. The molecule has 132 valence electrons. The quantitative estimate of drug-likeness (QED) is 0.927. The maximum atomic E-state index is 13.0. The predicted molar refractivity (Wildman–Crippen MR) is 93.1 cm³/mol. The van der Waals surface area contributed by atoms with E-state index >= 15 is 0 Å². The fourth-order valence-corrected chi connectivity index (χ4v) is 3.52. The third-order valence-corrected chi connectivity index (χ3v) is 4.86. The van der Waals surface area contributed by atoms with Crippen molar-refractivity contribution in [1.82, 2.24) is 9.88 Å².